The van der Waals surface area contributed by atoms with Crippen molar-refractivity contribution in [2.75, 3.05) is 14.2 Å². The van der Waals surface area contributed by atoms with Gasteiger partial charge in [-0.2, -0.15) is 0 Å². The molecule has 0 N–H and O–H groups in total. The first kappa shape index (κ1) is 11.5. The van der Waals surface area contributed by atoms with E-state index < -0.39 is 0 Å². The first-order valence-corrected chi connectivity index (χ1v) is 5.58. The maximum absolute atomic E-state index is 5.48. The van der Waals surface area contributed by atoms with E-state index >= 15 is 0 Å². The van der Waals surface area contributed by atoms with Gasteiger partial charge in [0.2, 0.25) is 0 Å². The van der Waals surface area contributed by atoms with Gasteiger partial charge in [0, 0.05) is 10.9 Å². The molecule has 2 nitrogen and oxygen atoms in total. The van der Waals surface area contributed by atoms with Gasteiger partial charge in [-0.1, -0.05) is 36.4 Å². The van der Waals surface area contributed by atoms with Crippen LogP contribution in [0.1, 0.15) is 12.5 Å². The normalized spacial score (nSPS) is 11.0. The fourth-order valence-electron chi connectivity index (χ4n) is 2.03. The van der Waals surface area contributed by atoms with Gasteiger partial charge in [-0.3, -0.25) is 0 Å². The number of hydrogen-bond donors (Lipinski definition) is 0. The predicted molar refractivity (Wildman–Crippen MR) is 71.8 cm³/mol. The largest absolute Gasteiger partial charge is 0.492 e. The van der Waals surface area contributed by atoms with Crippen molar-refractivity contribution in [3.05, 3.63) is 42.0 Å². The third-order valence-electron chi connectivity index (χ3n) is 2.74. The van der Waals surface area contributed by atoms with E-state index in [1.165, 1.54) is 0 Å². The lowest BCUT2D eigenvalue weighted by molar-refractivity contribution is 0.358. The Hall–Kier alpha value is -1.96. The molecule has 0 spiro atoms. The van der Waals surface area contributed by atoms with Crippen LogP contribution < -0.4 is 9.47 Å². The van der Waals surface area contributed by atoms with Crippen molar-refractivity contribution >= 4 is 16.8 Å². The van der Waals surface area contributed by atoms with Crippen LogP contribution in [0.3, 0.4) is 0 Å². The molecule has 88 valence electrons. The molecule has 0 aliphatic carbocycles. The molecular formula is C15H16O2. The van der Waals surface area contributed by atoms with E-state index in [1.807, 2.05) is 37.3 Å². The fourth-order valence-corrected chi connectivity index (χ4v) is 2.03. The number of allylic oxidation sites excluding steroid dienone is 1. The van der Waals surface area contributed by atoms with Crippen molar-refractivity contribution < 1.29 is 9.47 Å². The Labute approximate surface area is 101 Å². The summed E-state index contributed by atoms with van der Waals surface area (Å²) in [5.74, 6) is 1.57. The smallest absolute Gasteiger partial charge is 0.169 e. The molecule has 17 heavy (non-hydrogen) atoms. The standard InChI is InChI=1S/C15H16O2/c1-4-7-12-10-11-8-5-6-9-13(11)15(17-3)14(12)16-2/h4-10H,1-3H3/b7-4+. The van der Waals surface area contributed by atoms with Crippen molar-refractivity contribution in [3.63, 3.8) is 0 Å². The van der Waals surface area contributed by atoms with Crippen LogP contribution in [0.2, 0.25) is 0 Å². The lowest BCUT2D eigenvalue weighted by atomic mass is 10.0. The maximum Gasteiger partial charge on any atom is 0.169 e. The van der Waals surface area contributed by atoms with Crippen molar-refractivity contribution in [2.24, 2.45) is 0 Å². The number of ether oxygens (including phenoxy) is 2. The predicted octanol–water partition coefficient (Wildman–Crippen LogP) is 3.89. The summed E-state index contributed by atoms with van der Waals surface area (Å²) in [6.45, 7) is 1.99. The highest BCUT2D eigenvalue weighted by molar-refractivity contribution is 5.93. The van der Waals surface area contributed by atoms with E-state index in [0.29, 0.717) is 0 Å². The van der Waals surface area contributed by atoms with Crippen LogP contribution in [0, 0.1) is 0 Å². The van der Waals surface area contributed by atoms with Crippen LogP contribution in [0.4, 0.5) is 0 Å². The highest BCUT2D eigenvalue weighted by Crippen LogP contribution is 2.39. The van der Waals surface area contributed by atoms with E-state index in [9.17, 15) is 0 Å². The minimum absolute atomic E-state index is 0.782. The van der Waals surface area contributed by atoms with Gasteiger partial charge < -0.3 is 9.47 Å². The Balaban J connectivity index is 2.83. The molecule has 2 aromatic carbocycles. The average Bonchev–Trinajstić information content (AvgIpc) is 2.37. The molecule has 0 fully saturated rings. The van der Waals surface area contributed by atoms with Gasteiger partial charge in [-0.05, 0) is 18.4 Å². The number of fused-ring (bicyclic) bond motifs is 1. The van der Waals surface area contributed by atoms with E-state index in [0.717, 1.165) is 27.8 Å². The lowest BCUT2D eigenvalue weighted by Crippen LogP contribution is -1.94. The van der Waals surface area contributed by atoms with Gasteiger partial charge in [-0.25, -0.2) is 0 Å². The number of benzene rings is 2. The SMILES string of the molecule is C/C=C/c1cc2ccccc2c(OC)c1OC. The maximum atomic E-state index is 5.48. The summed E-state index contributed by atoms with van der Waals surface area (Å²) in [5, 5.41) is 2.22. The average molecular weight is 228 g/mol. The van der Waals surface area contributed by atoms with Crippen LogP contribution in [0.5, 0.6) is 11.5 Å². The summed E-state index contributed by atoms with van der Waals surface area (Å²) < 4.78 is 10.9. The zero-order valence-corrected chi connectivity index (χ0v) is 10.4. The Morgan fingerprint density at radius 3 is 2.35 bits per heavy atom. The van der Waals surface area contributed by atoms with E-state index in [2.05, 4.69) is 12.1 Å². The van der Waals surface area contributed by atoms with Gasteiger partial charge in [-0.15, -0.1) is 0 Å². The Bertz CT molecular complexity index is 556. The molecule has 0 radical (unpaired) electrons. The first-order valence-electron chi connectivity index (χ1n) is 5.58. The quantitative estimate of drug-likeness (QED) is 0.793. The van der Waals surface area contributed by atoms with Crippen LogP contribution in [-0.2, 0) is 0 Å². The molecule has 0 aliphatic heterocycles. The molecule has 0 amide bonds. The topological polar surface area (TPSA) is 18.5 Å². The van der Waals surface area contributed by atoms with E-state index in [-0.39, 0.29) is 0 Å². The van der Waals surface area contributed by atoms with Crippen molar-refractivity contribution in [1.29, 1.82) is 0 Å². The number of methoxy groups -OCH3 is 2. The van der Waals surface area contributed by atoms with Gasteiger partial charge >= 0.3 is 0 Å². The second-order valence-electron chi connectivity index (χ2n) is 3.75. The summed E-state index contributed by atoms with van der Waals surface area (Å²) in [7, 11) is 3.34. The minimum atomic E-state index is 0.782. The van der Waals surface area contributed by atoms with Gasteiger partial charge in [0.1, 0.15) is 0 Å². The Kier molecular flexibility index (Phi) is 3.33. The third-order valence-corrected chi connectivity index (χ3v) is 2.74. The minimum Gasteiger partial charge on any atom is -0.492 e. The van der Waals surface area contributed by atoms with Crippen LogP contribution in [0.15, 0.2) is 36.4 Å². The van der Waals surface area contributed by atoms with Crippen LogP contribution >= 0.6 is 0 Å². The molecule has 0 aromatic heterocycles. The monoisotopic (exact) mass is 228 g/mol. The lowest BCUT2D eigenvalue weighted by Gasteiger charge is -2.13. The second-order valence-corrected chi connectivity index (χ2v) is 3.75. The molecule has 0 atom stereocenters. The van der Waals surface area contributed by atoms with Gasteiger partial charge in [0.15, 0.2) is 11.5 Å². The zero-order chi connectivity index (χ0) is 12.3. The Morgan fingerprint density at radius 2 is 1.71 bits per heavy atom. The molecule has 2 heteroatoms. The summed E-state index contributed by atoms with van der Waals surface area (Å²) in [6.07, 6.45) is 4.01. The van der Waals surface area contributed by atoms with E-state index in [1.54, 1.807) is 14.2 Å². The molecule has 0 aliphatic rings. The molecule has 0 unspecified atom stereocenters. The summed E-state index contributed by atoms with van der Waals surface area (Å²) in [5.41, 5.74) is 1.03. The van der Waals surface area contributed by atoms with Crippen molar-refractivity contribution in [1.82, 2.24) is 0 Å². The van der Waals surface area contributed by atoms with Gasteiger partial charge in [0.25, 0.3) is 0 Å². The molecule has 2 aromatic rings. The van der Waals surface area contributed by atoms with Gasteiger partial charge in [0.05, 0.1) is 14.2 Å². The summed E-state index contributed by atoms with van der Waals surface area (Å²) >= 11 is 0. The number of rotatable bonds is 3. The number of hydrogen-bond acceptors (Lipinski definition) is 2. The molecule has 0 saturated heterocycles. The van der Waals surface area contributed by atoms with Crippen LogP contribution in [-0.4, -0.2) is 14.2 Å². The zero-order valence-electron chi connectivity index (χ0n) is 10.4. The third kappa shape index (κ3) is 1.98. The highest BCUT2D eigenvalue weighted by atomic mass is 16.5. The van der Waals surface area contributed by atoms with Crippen molar-refractivity contribution in [3.8, 4) is 11.5 Å². The van der Waals surface area contributed by atoms with Crippen LogP contribution in [0.25, 0.3) is 16.8 Å². The molecule has 0 saturated carbocycles. The summed E-state index contributed by atoms with van der Waals surface area (Å²) in [6, 6.07) is 10.2. The second kappa shape index (κ2) is 4.91. The Morgan fingerprint density at radius 1 is 1.00 bits per heavy atom. The first-order chi connectivity index (χ1) is 8.31. The highest BCUT2D eigenvalue weighted by Gasteiger charge is 2.12. The van der Waals surface area contributed by atoms with E-state index in [4.69, 9.17) is 9.47 Å². The molecule has 0 bridgehead atoms. The molecule has 2 rings (SSSR count). The molecule has 0 heterocycles. The fraction of sp³-hybridized carbons (Fsp3) is 0.200. The van der Waals surface area contributed by atoms with Crippen molar-refractivity contribution in [2.45, 2.75) is 6.92 Å². The summed E-state index contributed by atoms with van der Waals surface area (Å²) in [4.78, 5) is 0. The molecular weight excluding hydrogens is 212 g/mol.